The summed E-state index contributed by atoms with van der Waals surface area (Å²) in [5, 5.41) is 0. The predicted molar refractivity (Wildman–Crippen MR) is 53.3 cm³/mol. The molecule has 0 spiro atoms. The third kappa shape index (κ3) is 2.71. The standard InChI is InChI=1S/C11H10F5NO2/c12-10(13,11(14,15)16)9(18)17(7-3-4-7)6-8-2-1-5-19-8/h1-2,5,7H,3-4,6H2. The first-order chi connectivity index (χ1) is 8.73. The Balaban J connectivity index is 2.18. The van der Waals surface area contributed by atoms with Gasteiger partial charge in [0.2, 0.25) is 0 Å². The van der Waals surface area contributed by atoms with E-state index >= 15 is 0 Å². The van der Waals surface area contributed by atoms with Crippen LogP contribution in [-0.4, -0.2) is 28.9 Å². The smallest absolute Gasteiger partial charge is 0.463 e. The normalized spacial score (nSPS) is 16.5. The van der Waals surface area contributed by atoms with E-state index in [0.29, 0.717) is 17.7 Å². The molecule has 1 heterocycles. The molecule has 19 heavy (non-hydrogen) atoms. The van der Waals surface area contributed by atoms with Crippen LogP contribution in [-0.2, 0) is 11.3 Å². The highest BCUT2D eigenvalue weighted by Crippen LogP contribution is 2.40. The van der Waals surface area contributed by atoms with E-state index in [0.717, 1.165) is 0 Å². The number of furan rings is 1. The number of hydrogen-bond acceptors (Lipinski definition) is 2. The van der Waals surface area contributed by atoms with Gasteiger partial charge >= 0.3 is 18.0 Å². The predicted octanol–water partition coefficient (Wildman–Crippen LogP) is 2.97. The van der Waals surface area contributed by atoms with Crippen LogP contribution in [0.2, 0.25) is 0 Å². The van der Waals surface area contributed by atoms with Crippen LogP contribution in [0.4, 0.5) is 22.0 Å². The first-order valence-corrected chi connectivity index (χ1v) is 5.51. The Hall–Kier alpha value is -1.60. The molecule has 0 N–H and O–H groups in total. The summed E-state index contributed by atoms with van der Waals surface area (Å²) in [6.45, 7) is -0.387. The number of alkyl halides is 5. The van der Waals surface area contributed by atoms with Crippen molar-refractivity contribution in [2.75, 3.05) is 0 Å². The van der Waals surface area contributed by atoms with Crippen molar-refractivity contribution in [1.82, 2.24) is 4.90 Å². The lowest BCUT2D eigenvalue weighted by atomic mass is 10.2. The van der Waals surface area contributed by atoms with Crippen LogP contribution >= 0.6 is 0 Å². The summed E-state index contributed by atoms with van der Waals surface area (Å²) in [5.74, 6) is -7.43. The van der Waals surface area contributed by atoms with Crippen LogP contribution in [0.25, 0.3) is 0 Å². The highest BCUT2D eigenvalue weighted by molar-refractivity contribution is 5.85. The lowest BCUT2D eigenvalue weighted by Gasteiger charge is -2.27. The zero-order valence-corrected chi connectivity index (χ0v) is 9.58. The van der Waals surface area contributed by atoms with Gasteiger partial charge in [-0.2, -0.15) is 22.0 Å². The summed E-state index contributed by atoms with van der Waals surface area (Å²) in [6.07, 6.45) is -3.80. The molecule has 0 aromatic carbocycles. The maximum atomic E-state index is 13.0. The fourth-order valence-corrected chi connectivity index (χ4v) is 1.62. The van der Waals surface area contributed by atoms with Gasteiger partial charge in [0.05, 0.1) is 12.8 Å². The Morgan fingerprint density at radius 2 is 1.95 bits per heavy atom. The minimum atomic E-state index is -5.89. The molecule has 0 radical (unpaired) electrons. The van der Waals surface area contributed by atoms with Gasteiger partial charge < -0.3 is 9.32 Å². The molecule has 1 amide bonds. The molecule has 0 aliphatic heterocycles. The molecule has 3 nitrogen and oxygen atoms in total. The number of carbonyl (C=O) groups excluding carboxylic acids is 1. The van der Waals surface area contributed by atoms with Crippen molar-refractivity contribution in [3.63, 3.8) is 0 Å². The zero-order chi connectivity index (χ0) is 14.3. The molecule has 0 bridgehead atoms. The lowest BCUT2D eigenvalue weighted by molar-refractivity contribution is -0.275. The molecular formula is C11H10F5NO2. The first-order valence-electron chi connectivity index (χ1n) is 5.51. The summed E-state index contributed by atoms with van der Waals surface area (Å²) >= 11 is 0. The van der Waals surface area contributed by atoms with Crippen molar-refractivity contribution in [3.05, 3.63) is 24.2 Å². The summed E-state index contributed by atoms with van der Waals surface area (Å²) < 4.78 is 67.5. The Bertz CT molecular complexity index is 450. The van der Waals surface area contributed by atoms with Crippen molar-refractivity contribution >= 4 is 5.91 Å². The maximum absolute atomic E-state index is 13.0. The largest absolute Gasteiger partial charge is 0.467 e. The molecule has 1 saturated carbocycles. The van der Waals surface area contributed by atoms with Crippen molar-refractivity contribution in [1.29, 1.82) is 0 Å². The fourth-order valence-electron chi connectivity index (χ4n) is 1.62. The van der Waals surface area contributed by atoms with Gasteiger partial charge in [-0.25, -0.2) is 0 Å². The lowest BCUT2D eigenvalue weighted by Crippen LogP contribution is -2.52. The topological polar surface area (TPSA) is 33.5 Å². The van der Waals surface area contributed by atoms with Crippen molar-refractivity contribution in [3.8, 4) is 0 Å². The molecule has 1 aliphatic rings. The van der Waals surface area contributed by atoms with Gasteiger partial charge in [0, 0.05) is 6.04 Å². The number of amides is 1. The highest BCUT2D eigenvalue weighted by atomic mass is 19.4. The molecule has 0 unspecified atom stereocenters. The van der Waals surface area contributed by atoms with Gasteiger partial charge in [-0.3, -0.25) is 4.79 Å². The minimum absolute atomic E-state index is 0.165. The van der Waals surface area contributed by atoms with E-state index in [2.05, 4.69) is 0 Å². The van der Waals surface area contributed by atoms with Crippen molar-refractivity contribution < 1.29 is 31.2 Å². The number of nitrogens with zero attached hydrogens (tertiary/aromatic N) is 1. The van der Waals surface area contributed by atoms with E-state index in [1.165, 1.54) is 18.4 Å². The van der Waals surface area contributed by atoms with Crippen LogP contribution in [0.5, 0.6) is 0 Å². The summed E-state index contributed by atoms with van der Waals surface area (Å²) in [7, 11) is 0. The molecule has 1 aromatic rings. The molecular weight excluding hydrogens is 273 g/mol. The molecule has 0 atom stereocenters. The van der Waals surface area contributed by atoms with E-state index in [-0.39, 0.29) is 12.3 Å². The SMILES string of the molecule is O=C(N(Cc1ccco1)C1CC1)C(F)(F)C(F)(F)F. The van der Waals surface area contributed by atoms with Crippen LogP contribution in [0.15, 0.2) is 22.8 Å². The molecule has 106 valence electrons. The number of halogens is 5. The van der Waals surface area contributed by atoms with Crippen LogP contribution < -0.4 is 0 Å². The van der Waals surface area contributed by atoms with E-state index in [9.17, 15) is 26.7 Å². The quantitative estimate of drug-likeness (QED) is 0.796. The second kappa shape index (κ2) is 4.50. The highest BCUT2D eigenvalue weighted by Gasteiger charge is 2.65. The Kier molecular flexibility index (Phi) is 3.27. The average Bonchev–Trinajstić information content (AvgIpc) is 3.01. The summed E-state index contributed by atoms with van der Waals surface area (Å²) in [5.41, 5.74) is 0. The summed E-state index contributed by atoms with van der Waals surface area (Å²) in [6, 6.07) is 2.30. The van der Waals surface area contributed by atoms with Gasteiger partial charge in [-0.15, -0.1) is 0 Å². The molecule has 1 aromatic heterocycles. The first kappa shape index (κ1) is 13.8. The van der Waals surface area contributed by atoms with E-state index in [1.54, 1.807) is 0 Å². The zero-order valence-electron chi connectivity index (χ0n) is 9.58. The van der Waals surface area contributed by atoms with Gasteiger partial charge in [-0.1, -0.05) is 0 Å². The van der Waals surface area contributed by atoms with Crippen LogP contribution in [0.3, 0.4) is 0 Å². The van der Waals surface area contributed by atoms with E-state index < -0.39 is 24.0 Å². The number of carbonyl (C=O) groups is 1. The van der Waals surface area contributed by atoms with Crippen LogP contribution in [0.1, 0.15) is 18.6 Å². The Morgan fingerprint density at radius 3 is 2.37 bits per heavy atom. The molecule has 1 fully saturated rings. The van der Waals surface area contributed by atoms with Gasteiger partial charge in [0.25, 0.3) is 0 Å². The fraction of sp³-hybridized carbons (Fsp3) is 0.545. The monoisotopic (exact) mass is 283 g/mol. The number of hydrogen-bond donors (Lipinski definition) is 0. The van der Waals surface area contributed by atoms with Gasteiger partial charge in [0.1, 0.15) is 5.76 Å². The van der Waals surface area contributed by atoms with E-state index in [4.69, 9.17) is 4.42 Å². The van der Waals surface area contributed by atoms with E-state index in [1.807, 2.05) is 0 Å². The second-order valence-corrected chi connectivity index (χ2v) is 4.32. The molecule has 1 aliphatic carbocycles. The van der Waals surface area contributed by atoms with Crippen molar-refractivity contribution in [2.45, 2.75) is 37.5 Å². The second-order valence-electron chi connectivity index (χ2n) is 4.32. The van der Waals surface area contributed by atoms with Gasteiger partial charge in [0.15, 0.2) is 0 Å². The van der Waals surface area contributed by atoms with Gasteiger partial charge in [-0.05, 0) is 25.0 Å². The molecule has 0 saturated heterocycles. The Labute approximate surface area is 105 Å². The number of rotatable bonds is 4. The maximum Gasteiger partial charge on any atom is 0.463 e. The van der Waals surface area contributed by atoms with Crippen LogP contribution in [0, 0.1) is 0 Å². The minimum Gasteiger partial charge on any atom is -0.467 e. The van der Waals surface area contributed by atoms with Crippen molar-refractivity contribution in [2.24, 2.45) is 0 Å². The third-order valence-corrected chi connectivity index (χ3v) is 2.78. The average molecular weight is 283 g/mol. The third-order valence-electron chi connectivity index (χ3n) is 2.78. The molecule has 8 heteroatoms. The Morgan fingerprint density at radius 1 is 1.32 bits per heavy atom. The molecule has 2 rings (SSSR count). The summed E-state index contributed by atoms with van der Waals surface area (Å²) in [4.78, 5) is 12.0.